The maximum Gasteiger partial charge on any atom is 0.335 e. The van der Waals surface area contributed by atoms with E-state index in [1.165, 1.54) is 18.2 Å². The quantitative estimate of drug-likeness (QED) is 0.530. The standard InChI is InChI=1S/C15H24N2O5S/c1-3-4-9-17-23(20,21)14-11-12(15(18)19)6-7-13(14)16-8-5-10-22-2/h6-7,11,16-17H,3-5,8-10H2,1-2H3,(H,18,19). The lowest BCUT2D eigenvalue weighted by Gasteiger charge is -2.14. The third-order valence-corrected chi connectivity index (χ3v) is 4.68. The smallest absolute Gasteiger partial charge is 0.335 e. The van der Waals surface area contributed by atoms with Gasteiger partial charge in [0.05, 0.1) is 11.3 Å². The molecule has 0 saturated carbocycles. The molecular formula is C15H24N2O5S. The van der Waals surface area contributed by atoms with Gasteiger partial charge in [0.1, 0.15) is 4.90 Å². The van der Waals surface area contributed by atoms with Crippen molar-refractivity contribution in [1.29, 1.82) is 0 Å². The van der Waals surface area contributed by atoms with E-state index >= 15 is 0 Å². The average molecular weight is 344 g/mol. The summed E-state index contributed by atoms with van der Waals surface area (Å²) >= 11 is 0. The van der Waals surface area contributed by atoms with Gasteiger partial charge >= 0.3 is 5.97 Å². The molecule has 0 saturated heterocycles. The first-order valence-electron chi connectivity index (χ1n) is 7.52. The summed E-state index contributed by atoms with van der Waals surface area (Å²) < 4.78 is 32.3. The third kappa shape index (κ3) is 6.17. The Labute approximate surface area is 137 Å². The van der Waals surface area contributed by atoms with Crippen LogP contribution in [0.5, 0.6) is 0 Å². The van der Waals surface area contributed by atoms with Gasteiger partial charge in [-0.25, -0.2) is 17.9 Å². The van der Waals surface area contributed by atoms with Crippen LogP contribution in [0.15, 0.2) is 23.1 Å². The van der Waals surface area contributed by atoms with Crippen LogP contribution in [0.4, 0.5) is 5.69 Å². The minimum absolute atomic E-state index is 0.0501. The number of carboxylic acid groups (broad SMARTS) is 1. The molecule has 0 aliphatic carbocycles. The number of aromatic carboxylic acids is 1. The topological polar surface area (TPSA) is 105 Å². The molecule has 3 N–H and O–H groups in total. The number of rotatable bonds is 11. The molecule has 0 heterocycles. The molecule has 0 amide bonds. The van der Waals surface area contributed by atoms with Gasteiger partial charge in [-0.3, -0.25) is 0 Å². The highest BCUT2D eigenvalue weighted by atomic mass is 32.2. The van der Waals surface area contributed by atoms with Crippen molar-refractivity contribution in [2.75, 3.05) is 32.1 Å². The molecule has 0 aliphatic rings. The Hall–Kier alpha value is -1.64. The van der Waals surface area contributed by atoms with Gasteiger partial charge < -0.3 is 15.2 Å². The fourth-order valence-electron chi connectivity index (χ4n) is 1.92. The average Bonchev–Trinajstić information content (AvgIpc) is 2.51. The lowest BCUT2D eigenvalue weighted by molar-refractivity contribution is 0.0696. The molecule has 8 heteroatoms. The number of benzene rings is 1. The highest BCUT2D eigenvalue weighted by molar-refractivity contribution is 7.89. The summed E-state index contributed by atoms with van der Waals surface area (Å²) in [6.45, 7) is 3.36. The first-order valence-corrected chi connectivity index (χ1v) is 9.00. The van der Waals surface area contributed by atoms with Crippen molar-refractivity contribution in [2.24, 2.45) is 0 Å². The van der Waals surface area contributed by atoms with E-state index in [2.05, 4.69) is 10.0 Å². The molecule has 0 radical (unpaired) electrons. The van der Waals surface area contributed by atoms with E-state index in [1.807, 2.05) is 6.92 Å². The minimum Gasteiger partial charge on any atom is -0.478 e. The van der Waals surface area contributed by atoms with Crippen LogP contribution < -0.4 is 10.0 Å². The van der Waals surface area contributed by atoms with E-state index in [4.69, 9.17) is 9.84 Å². The molecule has 0 fully saturated rings. The minimum atomic E-state index is -3.77. The van der Waals surface area contributed by atoms with Crippen LogP contribution >= 0.6 is 0 Å². The molecule has 0 aliphatic heterocycles. The lowest BCUT2D eigenvalue weighted by Crippen LogP contribution is -2.26. The normalized spacial score (nSPS) is 11.4. The van der Waals surface area contributed by atoms with E-state index < -0.39 is 16.0 Å². The molecule has 0 bridgehead atoms. The van der Waals surface area contributed by atoms with Crippen LogP contribution in [0.2, 0.25) is 0 Å². The maximum atomic E-state index is 12.4. The van der Waals surface area contributed by atoms with Crippen molar-refractivity contribution >= 4 is 21.7 Å². The van der Waals surface area contributed by atoms with Gasteiger partial charge in [0.2, 0.25) is 10.0 Å². The molecule has 0 spiro atoms. The summed E-state index contributed by atoms with van der Waals surface area (Å²) in [4.78, 5) is 11.0. The predicted molar refractivity (Wildman–Crippen MR) is 88.5 cm³/mol. The summed E-state index contributed by atoms with van der Waals surface area (Å²) in [5.41, 5.74) is 0.318. The summed E-state index contributed by atoms with van der Waals surface area (Å²) in [5, 5.41) is 12.1. The predicted octanol–water partition coefficient (Wildman–Crippen LogP) is 1.91. The Morgan fingerprint density at radius 1 is 1.26 bits per heavy atom. The highest BCUT2D eigenvalue weighted by Crippen LogP contribution is 2.23. The van der Waals surface area contributed by atoms with Crippen molar-refractivity contribution < 1.29 is 23.1 Å². The highest BCUT2D eigenvalue weighted by Gasteiger charge is 2.20. The van der Waals surface area contributed by atoms with Gasteiger partial charge in [-0.15, -0.1) is 0 Å². The molecule has 0 atom stereocenters. The zero-order valence-electron chi connectivity index (χ0n) is 13.5. The second-order valence-corrected chi connectivity index (χ2v) is 6.78. The van der Waals surface area contributed by atoms with Gasteiger partial charge in [0, 0.05) is 26.8 Å². The number of sulfonamides is 1. The number of carboxylic acids is 1. The van der Waals surface area contributed by atoms with E-state index in [1.54, 1.807) is 7.11 Å². The van der Waals surface area contributed by atoms with E-state index in [-0.39, 0.29) is 10.5 Å². The number of hydrogen-bond acceptors (Lipinski definition) is 5. The second kappa shape index (κ2) is 9.49. The van der Waals surface area contributed by atoms with Gasteiger partial charge in [-0.2, -0.15) is 0 Å². The Kier molecular flexibility index (Phi) is 8.01. The number of anilines is 1. The molecule has 1 rings (SSSR count). The van der Waals surface area contributed by atoms with Crippen molar-refractivity contribution in [2.45, 2.75) is 31.1 Å². The zero-order valence-corrected chi connectivity index (χ0v) is 14.3. The summed E-state index contributed by atoms with van der Waals surface area (Å²) in [6, 6.07) is 4.03. The van der Waals surface area contributed by atoms with Crippen molar-refractivity contribution in [3.05, 3.63) is 23.8 Å². The molecule has 23 heavy (non-hydrogen) atoms. The molecule has 0 aromatic heterocycles. The SMILES string of the molecule is CCCCNS(=O)(=O)c1cc(C(=O)O)ccc1NCCCOC. The van der Waals surface area contributed by atoms with Crippen LogP contribution in [-0.4, -0.2) is 46.3 Å². The Morgan fingerprint density at radius 3 is 2.61 bits per heavy atom. The number of unbranched alkanes of at least 4 members (excludes halogenated alkanes) is 1. The monoisotopic (exact) mass is 344 g/mol. The van der Waals surface area contributed by atoms with Crippen LogP contribution in [0, 0.1) is 0 Å². The van der Waals surface area contributed by atoms with Gasteiger partial charge in [0.15, 0.2) is 0 Å². The Morgan fingerprint density at radius 2 is 2.00 bits per heavy atom. The van der Waals surface area contributed by atoms with E-state index in [0.29, 0.717) is 38.2 Å². The molecule has 130 valence electrons. The lowest BCUT2D eigenvalue weighted by atomic mass is 10.2. The van der Waals surface area contributed by atoms with Crippen LogP contribution in [0.3, 0.4) is 0 Å². The number of nitrogens with one attached hydrogen (secondary N) is 2. The number of carbonyl (C=O) groups is 1. The molecular weight excluding hydrogens is 320 g/mol. The first-order chi connectivity index (χ1) is 10.9. The fourth-order valence-corrected chi connectivity index (χ4v) is 3.20. The fraction of sp³-hybridized carbons (Fsp3) is 0.533. The zero-order chi connectivity index (χ0) is 17.3. The van der Waals surface area contributed by atoms with Crippen LogP contribution in [0.25, 0.3) is 0 Å². The molecule has 0 unspecified atom stereocenters. The van der Waals surface area contributed by atoms with Gasteiger partial charge in [-0.05, 0) is 31.0 Å². The van der Waals surface area contributed by atoms with Crippen molar-refractivity contribution in [3.8, 4) is 0 Å². The summed E-state index contributed by atoms with van der Waals surface area (Å²) in [5.74, 6) is -1.17. The maximum absolute atomic E-state index is 12.4. The summed E-state index contributed by atoms with van der Waals surface area (Å²) in [6.07, 6.45) is 2.29. The molecule has 7 nitrogen and oxygen atoms in total. The number of methoxy groups -OCH3 is 1. The van der Waals surface area contributed by atoms with Crippen LogP contribution in [0.1, 0.15) is 36.5 Å². The Balaban J connectivity index is 3.02. The van der Waals surface area contributed by atoms with Crippen molar-refractivity contribution in [1.82, 2.24) is 4.72 Å². The Bertz CT molecular complexity index is 616. The van der Waals surface area contributed by atoms with E-state index in [9.17, 15) is 13.2 Å². The first kappa shape index (κ1) is 19.4. The van der Waals surface area contributed by atoms with Gasteiger partial charge in [0.25, 0.3) is 0 Å². The van der Waals surface area contributed by atoms with E-state index in [0.717, 1.165) is 6.42 Å². The summed E-state index contributed by atoms with van der Waals surface area (Å²) in [7, 11) is -2.18. The molecule has 1 aromatic rings. The molecule has 1 aromatic carbocycles. The number of hydrogen-bond donors (Lipinski definition) is 3. The van der Waals surface area contributed by atoms with Crippen LogP contribution in [-0.2, 0) is 14.8 Å². The van der Waals surface area contributed by atoms with Gasteiger partial charge in [-0.1, -0.05) is 13.3 Å². The second-order valence-electron chi connectivity index (χ2n) is 5.04. The van der Waals surface area contributed by atoms with Crippen molar-refractivity contribution in [3.63, 3.8) is 0 Å². The third-order valence-electron chi connectivity index (χ3n) is 3.18. The largest absolute Gasteiger partial charge is 0.478 e. The number of ether oxygens (including phenoxy) is 1.